The number of aryl methyl sites for hydroxylation is 1. The second-order valence-electron chi connectivity index (χ2n) is 7.89. The molecular formula is C26H29N3O5S. The average Bonchev–Trinajstić information content (AvgIpc) is 3.30. The molecule has 0 aliphatic carbocycles. The molecule has 1 aromatic heterocycles. The number of amides is 2. The Bertz CT molecular complexity index is 1130. The van der Waals surface area contributed by atoms with Crippen molar-refractivity contribution < 1.29 is 23.9 Å². The summed E-state index contributed by atoms with van der Waals surface area (Å²) in [5.74, 6) is -0.429. The fourth-order valence-corrected chi connectivity index (χ4v) is 3.75. The number of unbranched alkanes of at least 4 members (excludes halogenated alkanes) is 1. The number of nitrogens with zero attached hydrogens (tertiary/aromatic N) is 1. The van der Waals surface area contributed by atoms with Gasteiger partial charge in [0.05, 0.1) is 18.7 Å². The number of benzene rings is 2. The lowest BCUT2D eigenvalue weighted by Crippen LogP contribution is -2.30. The van der Waals surface area contributed by atoms with Crippen LogP contribution in [-0.4, -0.2) is 35.9 Å². The van der Waals surface area contributed by atoms with Crippen LogP contribution in [0.4, 0.5) is 5.69 Å². The molecule has 0 fully saturated rings. The van der Waals surface area contributed by atoms with E-state index < -0.39 is 5.97 Å². The van der Waals surface area contributed by atoms with Gasteiger partial charge < -0.3 is 20.1 Å². The van der Waals surface area contributed by atoms with Gasteiger partial charge in [0.15, 0.2) is 0 Å². The van der Waals surface area contributed by atoms with Crippen molar-refractivity contribution in [1.29, 1.82) is 0 Å². The number of aromatic nitrogens is 1. The molecule has 35 heavy (non-hydrogen) atoms. The molecule has 0 aliphatic heterocycles. The minimum Gasteiger partial charge on any atom is -0.494 e. The van der Waals surface area contributed by atoms with Gasteiger partial charge in [-0.1, -0.05) is 31.0 Å². The molecule has 0 atom stereocenters. The van der Waals surface area contributed by atoms with Gasteiger partial charge >= 0.3 is 5.97 Å². The predicted octanol–water partition coefficient (Wildman–Crippen LogP) is 4.28. The van der Waals surface area contributed by atoms with Crippen LogP contribution in [0.5, 0.6) is 5.75 Å². The van der Waals surface area contributed by atoms with Gasteiger partial charge in [-0.15, -0.1) is 11.3 Å². The first kappa shape index (κ1) is 25.9. The van der Waals surface area contributed by atoms with E-state index in [9.17, 15) is 14.4 Å². The van der Waals surface area contributed by atoms with Crippen LogP contribution in [0.15, 0.2) is 53.9 Å². The lowest BCUT2D eigenvalue weighted by Gasteiger charge is -2.08. The molecule has 2 amide bonds. The largest absolute Gasteiger partial charge is 0.494 e. The molecule has 0 bridgehead atoms. The lowest BCUT2D eigenvalue weighted by atomic mass is 10.2. The van der Waals surface area contributed by atoms with Crippen molar-refractivity contribution in [2.75, 3.05) is 18.5 Å². The third kappa shape index (κ3) is 8.86. The predicted molar refractivity (Wildman–Crippen MR) is 135 cm³/mol. The van der Waals surface area contributed by atoms with Gasteiger partial charge in [-0.2, -0.15) is 0 Å². The normalized spacial score (nSPS) is 10.5. The Kier molecular flexibility index (Phi) is 9.80. The van der Waals surface area contributed by atoms with E-state index in [0.29, 0.717) is 28.6 Å². The van der Waals surface area contributed by atoms with Gasteiger partial charge in [-0.05, 0) is 49.7 Å². The molecule has 0 radical (unpaired) electrons. The van der Waals surface area contributed by atoms with Crippen LogP contribution in [0.1, 0.15) is 46.4 Å². The first-order valence-electron chi connectivity index (χ1n) is 11.4. The summed E-state index contributed by atoms with van der Waals surface area (Å²) in [5, 5.41) is 7.73. The van der Waals surface area contributed by atoms with Gasteiger partial charge in [0.2, 0.25) is 5.91 Å². The van der Waals surface area contributed by atoms with Crippen molar-refractivity contribution >= 4 is 34.8 Å². The van der Waals surface area contributed by atoms with Gasteiger partial charge in [-0.25, -0.2) is 4.98 Å². The molecule has 9 heteroatoms. The van der Waals surface area contributed by atoms with E-state index in [0.717, 1.165) is 24.1 Å². The van der Waals surface area contributed by atoms with Crippen molar-refractivity contribution in [3.63, 3.8) is 0 Å². The first-order chi connectivity index (χ1) is 16.9. The highest BCUT2D eigenvalue weighted by atomic mass is 32.1. The van der Waals surface area contributed by atoms with E-state index in [1.54, 1.807) is 29.6 Å². The molecule has 0 unspecified atom stereocenters. The molecule has 0 aliphatic rings. The number of nitrogens with one attached hydrogen (secondary N) is 2. The summed E-state index contributed by atoms with van der Waals surface area (Å²) in [6.45, 7) is 4.41. The fraction of sp³-hybridized carbons (Fsp3) is 0.308. The van der Waals surface area contributed by atoms with Crippen molar-refractivity contribution in [3.05, 3.63) is 75.7 Å². The smallest absolute Gasteiger partial charge is 0.325 e. The van der Waals surface area contributed by atoms with Crippen LogP contribution >= 0.6 is 11.3 Å². The van der Waals surface area contributed by atoms with Crippen LogP contribution in [0.2, 0.25) is 0 Å². The van der Waals surface area contributed by atoms with Crippen molar-refractivity contribution in [3.8, 4) is 5.75 Å². The molecule has 2 N–H and O–H groups in total. The van der Waals surface area contributed by atoms with Gasteiger partial charge in [-0.3, -0.25) is 14.4 Å². The number of hydrogen-bond donors (Lipinski definition) is 2. The number of rotatable bonds is 12. The number of carbonyl (C=O) groups excluding carboxylic acids is 3. The first-order valence-corrected chi connectivity index (χ1v) is 12.3. The Balaban J connectivity index is 1.37. The van der Waals surface area contributed by atoms with E-state index in [1.165, 1.54) is 11.3 Å². The van der Waals surface area contributed by atoms with Crippen LogP contribution in [0, 0.1) is 6.92 Å². The van der Waals surface area contributed by atoms with E-state index in [4.69, 9.17) is 9.47 Å². The SMILES string of the molecule is CCCCOc1ccc(C(=O)NCC(=O)OCc2csc(CC(=O)Nc3ccc(C)cc3)n2)cc1. The molecule has 0 saturated heterocycles. The summed E-state index contributed by atoms with van der Waals surface area (Å²) in [7, 11) is 0. The third-order valence-corrected chi connectivity index (χ3v) is 5.80. The monoisotopic (exact) mass is 495 g/mol. The maximum atomic E-state index is 12.2. The minimum absolute atomic E-state index is 0.0332. The van der Waals surface area contributed by atoms with E-state index >= 15 is 0 Å². The standard InChI is InChI=1S/C26H29N3O5S/c1-3-4-13-33-22-11-7-19(8-12-22)26(32)27-15-25(31)34-16-21-17-35-24(29-21)14-23(30)28-20-9-5-18(2)6-10-20/h5-12,17H,3-4,13-16H2,1-2H3,(H,27,32)(H,28,30). The second-order valence-corrected chi connectivity index (χ2v) is 8.84. The number of anilines is 1. The summed E-state index contributed by atoms with van der Waals surface area (Å²) in [6, 6.07) is 14.3. The van der Waals surface area contributed by atoms with E-state index in [2.05, 4.69) is 22.5 Å². The Morgan fingerprint density at radius 3 is 2.49 bits per heavy atom. The summed E-state index contributed by atoms with van der Waals surface area (Å²) in [5.41, 5.74) is 2.81. The molecule has 1 heterocycles. The quantitative estimate of drug-likeness (QED) is 0.287. The zero-order valence-corrected chi connectivity index (χ0v) is 20.7. The van der Waals surface area contributed by atoms with E-state index in [1.807, 2.05) is 31.2 Å². The number of hydrogen-bond acceptors (Lipinski definition) is 7. The number of thiazole rings is 1. The summed E-state index contributed by atoms with van der Waals surface area (Å²) in [4.78, 5) is 40.8. The maximum absolute atomic E-state index is 12.2. The Labute approximate surface area is 208 Å². The van der Waals surface area contributed by atoms with Crippen molar-refractivity contribution in [2.45, 2.75) is 39.7 Å². The molecule has 3 rings (SSSR count). The molecule has 2 aromatic carbocycles. The Hall–Kier alpha value is -3.72. The molecular weight excluding hydrogens is 466 g/mol. The fourth-order valence-electron chi connectivity index (χ4n) is 2.97. The van der Waals surface area contributed by atoms with Gasteiger partial charge in [0.1, 0.15) is 23.9 Å². The van der Waals surface area contributed by atoms with Gasteiger partial charge in [0, 0.05) is 16.6 Å². The van der Waals surface area contributed by atoms with E-state index in [-0.39, 0.29) is 31.4 Å². The van der Waals surface area contributed by atoms with Crippen LogP contribution in [0.3, 0.4) is 0 Å². The highest BCUT2D eigenvalue weighted by Crippen LogP contribution is 2.15. The summed E-state index contributed by atoms with van der Waals surface area (Å²) in [6.07, 6.45) is 2.15. The Morgan fingerprint density at radius 1 is 1.03 bits per heavy atom. The number of carbonyl (C=O) groups is 3. The highest BCUT2D eigenvalue weighted by Gasteiger charge is 2.12. The molecule has 8 nitrogen and oxygen atoms in total. The number of ether oxygens (including phenoxy) is 2. The topological polar surface area (TPSA) is 107 Å². The summed E-state index contributed by atoms with van der Waals surface area (Å²) >= 11 is 1.32. The number of esters is 1. The zero-order chi connectivity index (χ0) is 25.0. The summed E-state index contributed by atoms with van der Waals surface area (Å²) < 4.78 is 10.8. The third-order valence-electron chi connectivity index (χ3n) is 4.90. The van der Waals surface area contributed by atoms with Crippen molar-refractivity contribution in [2.24, 2.45) is 0 Å². The van der Waals surface area contributed by atoms with Crippen LogP contribution in [-0.2, 0) is 27.4 Å². The Morgan fingerprint density at radius 2 is 1.77 bits per heavy atom. The average molecular weight is 496 g/mol. The highest BCUT2D eigenvalue weighted by molar-refractivity contribution is 7.09. The second kappa shape index (κ2) is 13.2. The van der Waals surface area contributed by atoms with Crippen molar-refractivity contribution in [1.82, 2.24) is 10.3 Å². The molecule has 3 aromatic rings. The lowest BCUT2D eigenvalue weighted by molar-refractivity contribution is -0.143. The zero-order valence-electron chi connectivity index (χ0n) is 19.8. The molecule has 0 saturated carbocycles. The van der Waals surface area contributed by atoms with Crippen LogP contribution < -0.4 is 15.4 Å². The minimum atomic E-state index is -0.579. The van der Waals surface area contributed by atoms with Crippen LogP contribution in [0.25, 0.3) is 0 Å². The molecule has 0 spiro atoms. The molecule has 184 valence electrons. The van der Waals surface area contributed by atoms with Gasteiger partial charge in [0.25, 0.3) is 5.91 Å². The maximum Gasteiger partial charge on any atom is 0.325 e.